The van der Waals surface area contributed by atoms with E-state index >= 15 is 0 Å². The number of rotatable bonds is 3. The molecule has 0 spiro atoms. The number of hydrogen-bond acceptors (Lipinski definition) is 2. The normalized spacial score (nSPS) is 9.45. The molecule has 1 aromatic heterocycles. The highest BCUT2D eigenvalue weighted by Gasteiger charge is 2.01. The molecule has 100 valence electrons. The number of nitrogens with one attached hydrogen (secondary N) is 1. The summed E-state index contributed by atoms with van der Waals surface area (Å²) in [5.41, 5.74) is 3.10. The summed E-state index contributed by atoms with van der Waals surface area (Å²) in [5.74, 6) is 5.87. The van der Waals surface area contributed by atoms with Gasteiger partial charge in [-0.2, -0.15) is 0 Å². The van der Waals surface area contributed by atoms with E-state index in [9.17, 15) is 4.79 Å². The number of carbonyl (C=O) groups excluding carboxylic acids is 1. The van der Waals surface area contributed by atoms with Gasteiger partial charge in [0, 0.05) is 18.0 Å². The Labute approximate surface area is 119 Å². The third-order valence-corrected chi connectivity index (χ3v) is 2.77. The fourth-order valence-corrected chi connectivity index (χ4v) is 1.68. The largest absolute Gasteiger partial charge is 0.345 e. The van der Waals surface area contributed by atoms with Gasteiger partial charge >= 0.3 is 0 Å². The van der Waals surface area contributed by atoms with Crippen LogP contribution in [-0.4, -0.2) is 17.4 Å². The molecule has 0 aliphatic heterocycles. The van der Waals surface area contributed by atoms with Crippen molar-refractivity contribution in [2.24, 2.45) is 0 Å². The number of nitrogens with zero attached hydrogens (tertiary/aromatic N) is 1. The quantitative estimate of drug-likeness (QED) is 0.863. The van der Waals surface area contributed by atoms with Gasteiger partial charge in [-0.15, -0.1) is 0 Å². The summed E-state index contributed by atoms with van der Waals surface area (Å²) in [5, 5.41) is 2.79. The average Bonchev–Trinajstić information content (AvgIpc) is 2.47. The van der Waals surface area contributed by atoms with Gasteiger partial charge in [0.1, 0.15) is 0 Å². The lowest BCUT2D eigenvalue weighted by atomic mass is 10.1. The average molecular weight is 264 g/mol. The van der Waals surface area contributed by atoms with E-state index in [1.165, 1.54) is 5.56 Å². The van der Waals surface area contributed by atoms with Gasteiger partial charge in [0.15, 0.2) is 0 Å². The lowest BCUT2D eigenvalue weighted by Gasteiger charge is -2.02. The van der Waals surface area contributed by atoms with Gasteiger partial charge in [-0.1, -0.05) is 41.7 Å². The lowest BCUT2D eigenvalue weighted by molar-refractivity contribution is -0.120. The first-order valence-electron chi connectivity index (χ1n) is 6.45. The summed E-state index contributed by atoms with van der Waals surface area (Å²) in [6.45, 7) is 2.38. The minimum atomic E-state index is -0.0159. The maximum atomic E-state index is 11.7. The van der Waals surface area contributed by atoms with Crippen molar-refractivity contribution >= 4 is 5.91 Å². The van der Waals surface area contributed by atoms with Crippen LogP contribution in [0.3, 0.4) is 0 Å². The Balaban J connectivity index is 1.78. The first kappa shape index (κ1) is 13.8. The summed E-state index contributed by atoms with van der Waals surface area (Å²) in [4.78, 5) is 15.6. The third kappa shape index (κ3) is 4.58. The highest BCUT2D eigenvalue weighted by Crippen LogP contribution is 2.03. The summed E-state index contributed by atoms with van der Waals surface area (Å²) < 4.78 is 0. The molecule has 2 rings (SSSR count). The van der Waals surface area contributed by atoms with E-state index in [-0.39, 0.29) is 5.91 Å². The van der Waals surface area contributed by atoms with Crippen molar-refractivity contribution in [3.05, 3.63) is 65.5 Å². The molecule has 2 aromatic rings. The number of carbonyl (C=O) groups is 1. The van der Waals surface area contributed by atoms with Crippen molar-refractivity contribution in [2.45, 2.75) is 13.3 Å². The Hall–Kier alpha value is -2.60. The van der Waals surface area contributed by atoms with Crippen LogP contribution in [0.1, 0.15) is 16.7 Å². The molecule has 3 heteroatoms. The molecule has 0 saturated heterocycles. The number of aromatic nitrogens is 1. The number of amides is 1. The SMILES string of the molecule is Cc1ccc(CC(=O)NCC#Cc2ccncc2)cc1. The Morgan fingerprint density at radius 3 is 2.55 bits per heavy atom. The zero-order chi connectivity index (χ0) is 14.2. The molecular weight excluding hydrogens is 248 g/mol. The molecule has 3 nitrogen and oxygen atoms in total. The highest BCUT2D eigenvalue weighted by atomic mass is 16.1. The first-order valence-corrected chi connectivity index (χ1v) is 6.45. The van der Waals surface area contributed by atoms with Gasteiger partial charge in [0.05, 0.1) is 13.0 Å². The number of benzene rings is 1. The molecule has 0 fully saturated rings. The molecule has 1 N–H and O–H groups in total. The smallest absolute Gasteiger partial charge is 0.225 e. The van der Waals surface area contributed by atoms with Crippen molar-refractivity contribution < 1.29 is 4.79 Å². The van der Waals surface area contributed by atoms with Crippen molar-refractivity contribution in [3.8, 4) is 11.8 Å². The second-order valence-corrected chi connectivity index (χ2v) is 4.48. The second kappa shape index (κ2) is 7.10. The maximum absolute atomic E-state index is 11.7. The van der Waals surface area contributed by atoms with E-state index in [1.807, 2.05) is 43.3 Å². The predicted molar refractivity (Wildman–Crippen MR) is 79.0 cm³/mol. The first-order chi connectivity index (χ1) is 9.74. The van der Waals surface area contributed by atoms with Crippen LogP contribution in [0.4, 0.5) is 0 Å². The van der Waals surface area contributed by atoms with E-state index < -0.39 is 0 Å². The molecule has 0 radical (unpaired) electrons. The third-order valence-electron chi connectivity index (χ3n) is 2.77. The van der Waals surface area contributed by atoms with Crippen LogP contribution in [0.5, 0.6) is 0 Å². The zero-order valence-corrected chi connectivity index (χ0v) is 11.4. The van der Waals surface area contributed by atoms with Gasteiger partial charge in [-0.3, -0.25) is 9.78 Å². The summed E-state index contributed by atoms with van der Waals surface area (Å²) in [6, 6.07) is 11.6. The van der Waals surface area contributed by atoms with Crippen molar-refractivity contribution in [3.63, 3.8) is 0 Å². The Bertz CT molecular complexity index is 622. The molecule has 0 aliphatic carbocycles. The molecule has 0 bridgehead atoms. The monoisotopic (exact) mass is 264 g/mol. The van der Waals surface area contributed by atoms with Crippen LogP contribution in [0.25, 0.3) is 0 Å². The van der Waals surface area contributed by atoms with Crippen LogP contribution < -0.4 is 5.32 Å². The van der Waals surface area contributed by atoms with Crippen LogP contribution in [-0.2, 0) is 11.2 Å². The fourth-order valence-electron chi connectivity index (χ4n) is 1.68. The van der Waals surface area contributed by atoms with Crippen LogP contribution in [0, 0.1) is 18.8 Å². The van der Waals surface area contributed by atoms with Crippen molar-refractivity contribution in [2.75, 3.05) is 6.54 Å². The second-order valence-electron chi connectivity index (χ2n) is 4.48. The minimum absolute atomic E-state index is 0.0159. The number of pyridine rings is 1. The van der Waals surface area contributed by atoms with E-state index in [4.69, 9.17) is 0 Å². The van der Waals surface area contributed by atoms with E-state index in [0.717, 1.165) is 11.1 Å². The van der Waals surface area contributed by atoms with Crippen LogP contribution in [0.15, 0.2) is 48.8 Å². The zero-order valence-electron chi connectivity index (χ0n) is 11.4. The predicted octanol–water partition coefficient (Wildman–Crippen LogP) is 2.10. The van der Waals surface area contributed by atoms with E-state index in [0.29, 0.717) is 13.0 Å². The minimum Gasteiger partial charge on any atom is -0.345 e. The standard InChI is InChI=1S/C17H16N2O/c1-14-4-6-16(7-5-14)13-17(20)19-10-2-3-15-8-11-18-12-9-15/h4-9,11-12H,10,13H2,1H3,(H,19,20). The molecule has 20 heavy (non-hydrogen) atoms. The topological polar surface area (TPSA) is 42.0 Å². The van der Waals surface area contributed by atoms with Crippen LogP contribution in [0.2, 0.25) is 0 Å². The molecule has 0 unspecified atom stereocenters. The van der Waals surface area contributed by atoms with E-state index in [1.54, 1.807) is 12.4 Å². The molecule has 1 heterocycles. The van der Waals surface area contributed by atoms with Gasteiger partial charge in [-0.05, 0) is 24.6 Å². The molecule has 1 amide bonds. The molecule has 0 saturated carbocycles. The molecule has 0 atom stereocenters. The van der Waals surface area contributed by atoms with Crippen molar-refractivity contribution in [1.29, 1.82) is 0 Å². The van der Waals surface area contributed by atoms with Gasteiger partial charge < -0.3 is 5.32 Å². The van der Waals surface area contributed by atoms with Gasteiger partial charge in [0.25, 0.3) is 0 Å². The number of aryl methyl sites for hydroxylation is 1. The van der Waals surface area contributed by atoms with Gasteiger partial charge in [-0.25, -0.2) is 0 Å². The van der Waals surface area contributed by atoms with Crippen LogP contribution >= 0.6 is 0 Å². The summed E-state index contributed by atoms with van der Waals surface area (Å²) in [6.07, 6.45) is 3.77. The number of hydrogen-bond donors (Lipinski definition) is 1. The molecule has 1 aromatic carbocycles. The Morgan fingerprint density at radius 2 is 1.85 bits per heavy atom. The maximum Gasteiger partial charge on any atom is 0.225 e. The van der Waals surface area contributed by atoms with Crippen molar-refractivity contribution in [1.82, 2.24) is 10.3 Å². The Kier molecular flexibility index (Phi) is 4.91. The molecule has 0 aliphatic rings. The van der Waals surface area contributed by atoms with Gasteiger partial charge in [0.2, 0.25) is 5.91 Å². The lowest BCUT2D eigenvalue weighted by Crippen LogP contribution is -2.25. The van der Waals surface area contributed by atoms with E-state index in [2.05, 4.69) is 22.1 Å². The fraction of sp³-hybridized carbons (Fsp3) is 0.176. The summed E-state index contributed by atoms with van der Waals surface area (Å²) in [7, 11) is 0. The molecular formula is C17H16N2O. The highest BCUT2D eigenvalue weighted by molar-refractivity contribution is 5.78. The summed E-state index contributed by atoms with van der Waals surface area (Å²) >= 11 is 0. The Morgan fingerprint density at radius 1 is 1.15 bits per heavy atom.